The van der Waals surface area contributed by atoms with Gasteiger partial charge >= 0.3 is 205 Å². The molecule has 0 spiro atoms. The third-order valence-corrected chi connectivity index (χ3v) is 21.1. The zero-order valence-corrected chi connectivity index (χ0v) is 23.6. The van der Waals surface area contributed by atoms with E-state index >= 15 is 0 Å². The van der Waals surface area contributed by atoms with Crippen LogP contribution in [0.2, 0.25) is 0 Å². The average molecular weight is 481 g/mol. The van der Waals surface area contributed by atoms with E-state index in [1.807, 2.05) is 3.88 Å². The summed E-state index contributed by atoms with van der Waals surface area (Å²) in [6, 6.07) is 23.0. The van der Waals surface area contributed by atoms with Crippen molar-refractivity contribution in [1.29, 1.82) is 0 Å². The van der Waals surface area contributed by atoms with Crippen LogP contribution < -0.4 is 14.2 Å². The van der Waals surface area contributed by atoms with Crippen LogP contribution in [0.1, 0.15) is 73.1 Å². The molecule has 0 radical (unpaired) electrons. The van der Waals surface area contributed by atoms with Gasteiger partial charge in [-0.3, -0.25) is 0 Å². The third kappa shape index (κ3) is 6.23. The van der Waals surface area contributed by atoms with Gasteiger partial charge in [-0.15, -0.1) is 0 Å². The molecule has 1 atom stereocenters. The molecule has 3 rings (SSSR count). The molecule has 1 aliphatic carbocycles. The molecule has 3 heteroatoms. The molecule has 0 amide bonds. The Balaban J connectivity index is 1.91. The number of rotatable bonds is 12. The Morgan fingerprint density at radius 2 is 1.28 bits per heavy atom. The molecule has 0 heterocycles. The van der Waals surface area contributed by atoms with Gasteiger partial charge in [-0.1, -0.05) is 0 Å². The molecule has 0 aliphatic heterocycles. The first-order valence-corrected chi connectivity index (χ1v) is 18.7. The van der Waals surface area contributed by atoms with Crippen molar-refractivity contribution in [1.82, 2.24) is 3.80 Å². The fourth-order valence-electron chi connectivity index (χ4n) is 5.10. The average Bonchev–Trinajstić information content (AvgIpc) is 3.01. The van der Waals surface area contributed by atoms with E-state index in [1.165, 1.54) is 45.1 Å². The maximum atomic E-state index is 4.30. The topological polar surface area (TPSA) is 12.0 Å². The molecule has 0 saturated heterocycles. The van der Waals surface area contributed by atoms with Gasteiger partial charge in [0.15, 0.2) is 0 Å². The van der Waals surface area contributed by atoms with Crippen LogP contribution >= 0.6 is 0 Å². The minimum atomic E-state index is -1.75. The van der Waals surface area contributed by atoms with Crippen LogP contribution in [0.15, 0.2) is 81.3 Å². The van der Waals surface area contributed by atoms with Crippen LogP contribution in [-0.2, 0) is 17.4 Å². The number of allylic oxidation sites excluding steroid dienone is 4. The predicted molar refractivity (Wildman–Crippen MR) is 141 cm³/mol. The van der Waals surface area contributed by atoms with Crippen LogP contribution in [0.25, 0.3) is 0 Å². The van der Waals surface area contributed by atoms with E-state index in [2.05, 4.69) is 99.1 Å². The molecule has 1 unspecified atom stereocenters. The fourth-order valence-corrected chi connectivity index (χ4v) is 20.7. The predicted octanol–water partition coefficient (Wildman–Crippen LogP) is 6.27. The zero-order chi connectivity index (χ0) is 22.9. The number of hydrogen-bond donors (Lipinski definition) is 1. The molecule has 1 aliphatic rings. The van der Waals surface area contributed by atoms with Gasteiger partial charge in [0, 0.05) is 0 Å². The SMILES string of the molecule is CCCCCCCC[NH][Ti]([C]1=C(C)C(C)=C(C)C1C)[SiH](c1ccccc1)c1ccccc1. The molecule has 171 valence electrons. The third-order valence-electron chi connectivity index (χ3n) is 7.33. The van der Waals surface area contributed by atoms with Crippen LogP contribution in [0, 0.1) is 5.92 Å². The summed E-state index contributed by atoms with van der Waals surface area (Å²) >= 11 is -1.75. The molecule has 0 aromatic heterocycles. The number of unbranched alkanes of at least 4 members (excludes halogenated alkanes) is 5. The van der Waals surface area contributed by atoms with E-state index in [4.69, 9.17) is 0 Å². The van der Waals surface area contributed by atoms with E-state index in [0.29, 0.717) is 5.92 Å². The van der Waals surface area contributed by atoms with Crippen molar-refractivity contribution in [2.45, 2.75) is 73.1 Å². The molecule has 1 nitrogen and oxygen atoms in total. The summed E-state index contributed by atoms with van der Waals surface area (Å²) in [4.78, 5) is 0. The molecular weight excluding hydrogens is 438 g/mol. The summed E-state index contributed by atoms with van der Waals surface area (Å²) in [5, 5.41) is 3.22. The van der Waals surface area contributed by atoms with Crippen molar-refractivity contribution in [3.63, 3.8) is 0 Å². The van der Waals surface area contributed by atoms with E-state index in [0.717, 1.165) is 0 Å². The second kappa shape index (κ2) is 12.9. The van der Waals surface area contributed by atoms with Crippen molar-refractivity contribution >= 4 is 17.0 Å². The van der Waals surface area contributed by atoms with Gasteiger partial charge in [-0.05, 0) is 0 Å². The minimum absolute atomic E-state index is 0.601. The standard InChI is InChI=1S/C12H11Si.C9H13.C8H18N.Ti/c1-3-7-11(8-4-1)13-12-9-5-2-6-10-12;1-6-5-7(2)9(4)8(6)3;1-2-3-4-5-6-7-8-9;/h1-10,13H;6H,1-4H3;9H,2-8H2,1H3;/q;;-1;+1. The van der Waals surface area contributed by atoms with Gasteiger partial charge in [0.2, 0.25) is 0 Å². The van der Waals surface area contributed by atoms with Gasteiger partial charge < -0.3 is 0 Å². The quantitative estimate of drug-likeness (QED) is 0.279. The molecule has 0 fully saturated rings. The first-order valence-electron chi connectivity index (χ1n) is 12.7. The van der Waals surface area contributed by atoms with E-state index in [1.54, 1.807) is 27.1 Å². The number of nitrogens with one attached hydrogen (secondary N) is 1. The first-order chi connectivity index (χ1) is 15.6. The molecule has 32 heavy (non-hydrogen) atoms. The summed E-state index contributed by atoms with van der Waals surface area (Å²) in [5.41, 5.74) is 4.75. The Kier molecular flexibility index (Phi) is 10.2. The van der Waals surface area contributed by atoms with Crippen molar-refractivity contribution in [2.75, 3.05) is 6.54 Å². The van der Waals surface area contributed by atoms with Gasteiger partial charge in [0.05, 0.1) is 0 Å². The fraction of sp³-hybridized carbons (Fsp3) is 0.448. The summed E-state index contributed by atoms with van der Waals surface area (Å²) in [6.07, 6.45) is 8.18. The van der Waals surface area contributed by atoms with Crippen LogP contribution in [-0.4, -0.2) is 13.2 Å². The van der Waals surface area contributed by atoms with Crippen molar-refractivity contribution in [3.8, 4) is 0 Å². The second-order valence-corrected chi connectivity index (χ2v) is 19.4. The number of benzene rings is 2. The molecule has 0 saturated carbocycles. The molecule has 2 aromatic carbocycles. The maximum absolute atomic E-state index is 4.30. The number of hydrogen-bond acceptors (Lipinski definition) is 1. The molecule has 0 bridgehead atoms. The van der Waals surface area contributed by atoms with E-state index in [-0.39, 0.29) is 0 Å². The van der Waals surface area contributed by atoms with Gasteiger partial charge in [0.25, 0.3) is 0 Å². The monoisotopic (exact) mass is 480 g/mol. The Labute approximate surface area is 204 Å². The Hall–Kier alpha value is -1.19. The van der Waals surface area contributed by atoms with E-state index in [9.17, 15) is 0 Å². The Morgan fingerprint density at radius 1 is 0.750 bits per heavy atom. The molecular formula is C29H42NSiTi. The Morgan fingerprint density at radius 3 is 1.78 bits per heavy atom. The van der Waals surface area contributed by atoms with Crippen LogP contribution in [0.4, 0.5) is 0 Å². The summed E-state index contributed by atoms with van der Waals surface area (Å²) in [5.74, 6) is 0.601. The Bertz CT molecular complexity index is 864. The van der Waals surface area contributed by atoms with Crippen LogP contribution in [0.5, 0.6) is 0 Å². The van der Waals surface area contributed by atoms with Crippen molar-refractivity contribution < 1.29 is 17.4 Å². The van der Waals surface area contributed by atoms with Crippen molar-refractivity contribution in [3.05, 3.63) is 81.3 Å². The zero-order valence-electron chi connectivity index (χ0n) is 20.9. The normalized spacial score (nSPS) is 16.4. The van der Waals surface area contributed by atoms with E-state index < -0.39 is 24.0 Å². The first kappa shape index (κ1) is 25.4. The summed E-state index contributed by atoms with van der Waals surface area (Å²) < 4.78 is 6.11. The molecule has 2 aromatic rings. The van der Waals surface area contributed by atoms with Gasteiger partial charge in [0.1, 0.15) is 0 Å². The van der Waals surface area contributed by atoms with Crippen molar-refractivity contribution in [2.24, 2.45) is 5.92 Å². The molecule has 1 N–H and O–H groups in total. The van der Waals surface area contributed by atoms with Gasteiger partial charge in [-0.2, -0.15) is 0 Å². The second-order valence-electron chi connectivity index (χ2n) is 9.43. The summed E-state index contributed by atoms with van der Waals surface area (Å²) in [7, 11) is 0. The summed E-state index contributed by atoms with van der Waals surface area (Å²) in [6.45, 7) is 11.7. The van der Waals surface area contributed by atoms with Gasteiger partial charge in [-0.25, -0.2) is 0 Å². The van der Waals surface area contributed by atoms with Crippen LogP contribution in [0.3, 0.4) is 0 Å².